The summed E-state index contributed by atoms with van der Waals surface area (Å²) in [6.07, 6.45) is 12.5. The van der Waals surface area contributed by atoms with E-state index >= 15 is 0 Å². The number of unbranched alkanes of at least 4 members (excludes halogenated alkanes) is 3. The molecule has 0 fully saturated rings. The maximum absolute atomic E-state index is 11.4. The predicted molar refractivity (Wildman–Crippen MR) is 323 cm³/mol. The number of hydrogen-bond donors (Lipinski definition) is 6. The molecule has 450 valence electrons. The third-order valence-electron chi connectivity index (χ3n) is 12.8. The highest BCUT2D eigenvalue weighted by atomic mass is 16.6. The van der Waals surface area contributed by atoms with E-state index in [1.807, 2.05) is 50.2 Å². The van der Waals surface area contributed by atoms with Gasteiger partial charge in [0, 0.05) is 39.5 Å². The van der Waals surface area contributed by atoms with Gasteiger partial charge in [-0.15, -0.1) is 13.2 Å². The van der Waals surface area contributed by atoms with E-state index in [2.05, 4.69) is 13.2 Å². The first kappa shape index (κ1) is 67.6. The van der Waals surface area contributed by atoms with Crippen molar-refractivity contribution in [2.24, 2.45) is 0 Å². The lowest BCUT2D eigenvalue weighted by Gasteiger charge is -2.11. The van der Waals surface area contributed by atoms with Gasteiger partial charge < -0.3 is 59.1 Å². The molecule has 6 N–H and O–H groups in total. The molecule has 0 aliphatic heterocycles. The molecule has 6 rings (SSSR count). The molecule has 6 aromatic rings. The molecule has 84 heavy (non-hydrogen) atoms. The Bertz CT molecular complexity index is 2930. The van der Waals surface area contributed by atoms with Gasteiger partial charge in [-0.1, -0.05) is 61.4 Å². The van der Waals surface area contributed by atoms with Crippen molar-refractivity contribution in [3.05, 3.63) is 167 Å². The molecule has 0 heterocycles. The smallest absolute Gasteiger partial charge is 0.311 e. The number of esters is 4. The predicted octanol–water partition coefficient (Wildman–Crippen LogP) is 14.2. The largest absolute Gasteiger partial charge is 0.504 e. The topological polar surface area (TPSA) is 245 Å². The lowest BCUT2D eigenvalue weighted by Crippen LogP contribution is -2.06. The summed E-state index contributed by atoms with van der Waals surface area (Å²) < 4.78 is 31.5. The molecular weight excluding hydrogens is 1070 g/mol. The van der Waals surface area contributed by atoms with Crippen molar-refractivity contribution in [1.29, 1.82) is 0 Å². The Kier molecular flexibility index (Phi) is 28.8. The minimum absolute atomic E-state index is 0.0520. The summed E-state index contributed by atoms with van der Waals surface area (Å²) >= 11 is 0. The van der Waals surface area contributed by atoms with Gasteiger partial charge in [-0.05, 0) is 197 Å². The van der Waals surface area contributed by atoms with Crippen LogP contribution >= 0.6 is 0 Å². The Balaban J connectivity index is 0.000000271. The fraction of sp³-hybridized carbons (Fsp3) is 0.353. The Hall–Kier alpha value is -8.92. The molecule has 0 unspecified atom stereocenters. The second-order valence-corrected chi connectivity index (χ2v) is 20.4. The Morgan fingerprint density at radius 1 is 0.345 bits per heavy atom. The van der Waals surface area contributed by atoms with Gasteiger partial charge in [-0.3, -0.25) is 19.2 Å². The lowest BCUT2D eigenvalue weighted by atomic mass is 10.0. The normalized spacial score (nSPS) is 10.5. The van der Waals surface area contributed by atoms with Crippen LogP contribution in [-0.2, 0) is 57.7 Å². The van der Waals surface area contributed by atoms with Crippen molar-refractivity contribution >= 4 is 23.9 Å². The van der Waals surface area contributed by atoms with E-state index in [0.717, 1.165) is 134 Å². The molecule has 6 aromatic carbocycles. The van der Waals surface area contributed by atoms with Crippen LogP contribution in [0.1, 0.15) is 139 Å². The second-order valence-electron chi connectivity index (χ2n) is 20.4. The van der Waals surface area contributed by atoms with Crippen LogP contribution < -0.4 is 28.4 Å². The van der Waals surface area contributed by atoms with Gasteiger partial charge in [-0.2, -0.15) is 0 Å². The van der Waals surface area contributed by atoms with E-state index in [-0.39, 0.29) is 82.3 Å². The highest BCUT2D eigenvalue weighted by molar-refractivity contribution is 5.74. The first-order valence-corrected chi connectivity index (χ1v) is 28.4. The van der Waals surface area contributed by atoms with Crippen molar-refractivity contribution in [2.75, 3.05) is 13.2 Å². The SMILES string of the molecule is C=C(C)CCOc1cc(CCCCc2ccc(O)c(OCCC(=C)C)c2)ccc1O.CC(=O)Oc1cc(CCCCc2ccc(O)c(OC(C)=O)c2)ccc1O.CCC(=O)Oc1cc(CCCCc2ccc(O)c(OC(=O)CC)c2)ccc1O. The van der Waals surface area contributed by atoms with Crippen LogP contribution in [0.15, 0.2) is 133 Å². The summed E-state index contributed by atoms with van der Waals surface area (Å²) in [6.45, 7) is 18.7. The molecule has 0 spiro atoms. The first-order valence-electron chi connectivity index (χ1n) is 28.4. The van der Waals surface area contributed by atoms with Crippen molar-refractivity contribution < 1.29 is 78.2 Å². The maximum atomic E-state index is 11.4. The second kappa shape index (κ2) is 35.8. The zero-order chi connectivity index (χ0) is 61.6. The number of aryl methyl sites for hydroxylation is 6. The molecule has 0 radical (unpaired) electrons. The monoisotopic (exact) mass is 1150 g/mol. The number of benzene rings is 6. The highest BCUT2D eigenvalue weighted by Crippen LogP contribution is 2.33. The number of phenols is 6. The minimum atomic E-state index is -0.478. The van der Waals surface area contributed by atoms with Crippen LogP contribution in [0.25, 0.3) is 0 Å². The van der Waals surface area contributed by atoms with E-state index in [4.69, 9.17) is 28.4 Å². The zero-order valence-electron chi connectivity index (χ0n) is 49.3. The molecule has 0 aliphatic carbocycles. The number of carbonyl (C=O) groups is 4. The summed E-state index contributed by atoms with van der Waals surface area (Å²) in [4.78, 5) is 44.9. The van der Waals surface area contributed by atoms with E-state index in [0.29, 0.717) is 24.7 Å². The molecule has 0 aromatic heterocycles. The fourth-order valence-corrected chi connectivity index (χ4v) is 8.19. The molecule has 0 atom stereocenters. The number of rotatable bonds is 29. The van der Waals surface area contributed by atoms with E-state index in [9.17, 15) is 49.8 Å². The van der Waals surface area contributed by atoms with Gasteiger partial charge in [0.15, 0.2) is 69.0 Å². The lowest BCUT2D eigenvalue weighted by molar-refractivity contribution is -0.135. The summed E-state index contributed by atoms with van der Waals surface area (Å²) in [5.41, 5.74) is 8.28. The number of carbonyl (C=O) groups excluding carboxylic acids is 4. The zero-order valence-corrected chi connectivity index (χ0v) is 49.3. The van der Waals surface area contributed by atoms with Crippen LogP contribution in [0.5, 0.6) is 69.0 Å². The van der Waals surface area contributed by atoms with Gasteiger partial charge in [0.05, 0.1) is 13.2 Å². The fourth-order valence-electron chi connectivity index (χ4n) is 8.19. The molecule has 0 aliphatic rings. The number of hydrogen-bond acceptors (Lipinski definition) is 16. The maximum Gasteiger partial charge on any atom is 0.311 e. The van der Waals surface area contributed by atoms with Crippen LogP contribution in [-0.4, -0.2) is 67.7 Å². The van der Waals surface area contributed by atoms with Gasteiger partial charge in [-0.25, -0.2) is 0 Å². The molecule has 0 saturated heterocycles. The third-order valence-corrected chi connectivity index (χ3v) is 12.8. The number of ether oxygens (including phenoxy) is 6. The standard InChI is InChI=1S/C26H34O4.C22H26O6.C20H22O6/c1-19(2)13-15-29-25-17-21(9-11-23(25)27)7-5-6-8-22-10-12-24(28)26(18-22)30-16-14-20(3)4;1-3-21(25)27-19-13-15(9-11-17(19)23)7-5-6-8-16-10-12-18(24)20(14-16)28-22(26)4-2;1-13(21)25-19-11-15(7-9-17(19)23)5-3-4-6-16-8-10-18(24)20(12-16)26-14(2)22/h9-12,17-18,27-28H,1,3,5-8,13-16H2,2,4H3;9-14,23-24H,3-8H2,1-2H3;7-12,23-24H,3-6H2,1-2H3. The van der Waals surface area contributed by atoms with Crippen LogP contribution in [0.3, 0.4) is 0 Å². The number of aromatic hydroxyl groups is 6. The van der Waals surface area contributed by atoms with Gasteiger partial charge >= 0.3 is 23.9 Å². The van der Waals surface area contributed by atoms with Crippen LogP contribution in [0.4, 0.5) is 0 Å². The van der Waals surface area contributed by atoms with E-state index in [1.54, 1.807) is 62.4 Å². The van der Waals surface area contributed by atoms with E-state index in [1.165, 1.54) is 38.1 Å². The van der Waals surface area contributed by atoms with Crippen LogP contribution in [0.2, 0.25) is 0 Å². The van der Waals surface area contributed by atoms with Gasteiger partial charge in [0.25, 0.3) is 0 Å². The average Bonchev–Trinajstić information content (AvgIpc) is 3.64. The molecule has 0 saturated carbocycles. The number of phenolic OH excluding ortho intramolecular Hbond substituents is 6. The van der Waals surface area contributed by atoms with Crippen molar-refractivity contribution in [3.63, 3.8) is 0 Å². The van der Waals surface area contributed by atoms with E-state index < -0.39 is 11.9 Å². The molecule has 16 heteroatoms. The quantitative estimate of drug-likeness (QED) is 0.0111. The Morgan fingerprint density at radius 3 is 0.774 bits per heavy atom. The van der Waals surface area contributed by atoms with Crippen molar-refractivity contribution in [3.8, 4) is 69.0 Å². The summed E-state index contributed by atoms with van der Waals surface area (Å²) in [6, 6.07) is 31.1. The van der Waals surface area contributed by atoms with Crippen LogP contribution in [0, 0.1) is 0 Å². The minimum Gasteiger partial charge on any atom is -0.504 e. The molecule has 0 amide bonds. The van der Waals surface area contributed by atoms with Gasteiger partial charge in [0.2, 0.25) is 0 Å². The highest BCUT2D eigenvalue weighted by Gasteiger charge is 2.13. The molecule has 0 bridgehead atoms. The first-order chi connectivity index (χ1) is 40.1. The average molecular weight is 1160 g/mol. The summed E-state index contributed by atoms with van der Waals surface area (Å²) in [7, 11) is 0. The summed E-state index contributed by atoms with van der Waals surface area (Å²) in [5, 5.41) is 58.9. The Labute approximate surface area is 493 Å². The Morgan fingerprint density at radius 2 is 0.560 bits per heavy atom. The molecular formula is C68H82O16. The molecule has 16 nitrogen and oxygen atoms in total. The van der Waals surface area contributed by atoms with Crippen molar-refractivity contribution in [1.82, 2.24) is 0 Å². The summed E-state index contributed by atoms with van der Waals surface area (Å²) in [5.74, 6) is 0.139. The third kappa shape index (κ3) is 25.5. The van der Waals surface area contributed by atoms with Gasteiger partial charge in [0.1, 0.15) is 0 Å². The van der Waals surface area contributed by atoms with Crippen molar-refractivity contribution in [2.45, 2.75) is 144 Å².